The van der Waals surface area contributed by atoms with E-state index >= 15 is 0 Å². The molecule has 1 aromatic carbocycles. The monoisotopic (exact) mass is 294 g/mol. The van der Waals surface area contributed by atoms with Crippen LogP contribution in [0, 0.1) is 12.7 Å². The molecule has 0 aliphatic carbocycles. The Bertz CT molecular complexity index is 513. The number of nitrogens with zero attached hydrogens (tertiary/aromatic N) is 2. The normalized spacial score (nSPS) is 16.9. The molecule has 1 saturated heterocycles. The average molecular weight is 294 g/mol. The van der Waals surface area contributed by atoms with Gasteiger partial charge in [-0.15, -0.1) is 0 Å². The van der Waals surface area contributed by atoms with Gasteiger partial charge >= 0.3 is 0 Å². The third-order valence-electron chi connectivity index (χ3n) is 3.83. The highest BCUT2D eigenvalue weighted by atomic mass is 19.1. The van der Waals surface area contributed by atoms with E-state index in [2.05, 4.69) is 22.2 Å². The second-order valence-electron chi connectivity index (χ2n) is 5.60. The third-order valence-corrected chi connectivity index (χ3v) is 3.83. The van der Waals surface area contributed by atoms with Gasteiger partial charge in [-0.1, -0.05) is 0 Å². The zero-order valence-corrected chi connectivity index (χ0v) is 12.7. The van der Waals surface area contributed by atoms with Crippen LogP contribution in [0.2, 0.25) is 0 Å². The van der Waals surface area contributed by atoms with E-state index in [1.54, 1.807) is 6.92 Å². The third kappa shape index (κ3) is 4.15. The Hall–Kier alpha value is -1.66. The Labute approximate surface area is 124 Å². The summed E-state index contributed by atoms with van der Waals surface area (Å²) in [6.45, 7) is 6.97. The molecule has 21 heavy (non-hydrogen) atoms. The Kier molecular flexibility index (Phi) is 5.14. The molecule has 0 atom stereocenters. The number of likely N-dealkylation sites (N-methyl/N-ethyl adjacent to an activating group) is 1. The first-order chi connectivity index (χ1) is 9.97. The Balaban J connectivity index is 1.85. The number of benzene rings is 1. The van der Waals surface area contributed by atoms with Crippen molar-refractivity contribution in [2.24, 2.45) is 0 Å². The molecule has 6 heteroatoms. The van der Waals surface area contributed by atoms with Gasteiger partial charge in [-0.25, -0.2) is 4.39 Å². The van der Waals surface area contributed by atoms with E-state index in [9.17, 15) is 9.18 Å². The van der Waals surface area contributed by atoms with Gasteiger partial charge in [0, 0.05) is 45.0 Å². The van der Waals surface area contributed by atoms with Gasteiger partial charge in [-0.3, -0.25) is 9.69 Å². The SMILES string of the molecule is Cc1cc(N)cc(C(=O)NCCN2CCN(C)CC2)c1F. The number of aryl methyl sites for hydroxylation is 1. The molecule has 5 nitrogen and oxygen atoms in total. The van der Waals surface area contributed by atoms with Crippen molar-refractivity contribution in [1.82, 2.24) is 15.1 Å². The van der Waals surface area contributed by atoms with E-state index < -0.39 is 11.7 Å². The summed E-state index contributed by atoms with van der Waals surface area (Å²) in [5.41, 5.74) is 6.47. The molecule has 0 unspecified atom stereocenters. The molecule has 1 fully saturated rings. The maximum absolute atomic E-state index is 13.9. The van der Waals surface area contributed by atoms with Gasteiger partial charge in [0.05, 0.1) is 5.56 Å². The number of carbonyl (C=O) groups excluding carboxylic acids is 1. The van der Waals surface area contributed by atoms with Crippen LogP contribution in [0.15, 0.2) is 12.1 Å². The van der Waals surface area contributed by atoms with Gasteiger partial charge in [0.25, 0.3) is 5.91 Å². The zero-order valence-electron chi connectivity index (χ0n) is 12.7. The molecule has 0 radical (unpaired) electrons. The van der Waals surface area contributed by atoms with Gasteiger partial charge < -0.3 is 16.0 Å². The fourth-order valence-corrected chi connectivity index (χ4v) is 2.46. The first kappa shape index (κ1) is 15.7. The summed E-state index contributed by atoms with van der Waals surface area (Å²) in [4.78, 5) is 16.6. The van der Waals surface area contributed by atoms with Crippen LogP contribution in [-0.2, 0) is 0 Å². The molecule has 1 aliphatic heterocycles. The standard InChI is InChI=1S/C15H23FN4O/c1-11-9-12(17)10-13(14(11)16)15(21)18-3-4-20-7-5-19(2)6-8-20/h9-10H,3-8,17H2,1-2H3,(H,18,21). The lowest BCUT2D eigenvalue weighted by Crippen LogP contribution is -2.46. The van der Waals surface area contributed by atoms with E-state index in [0.717, 1.165) is 32.7 Å². The number of halogens is 1. The molecule has 1 aromatic rings. The summed E-state index contributed by atoms with van der Waals surface area (Å²) in [6, 6.07) is 2.91. The zero-order chi connectivity index (χ0) is 15.4. The molecule has 1 aliphatic rings. The van der Waals surface area contributed by atoms with E-state index in [0.29, 0.717) is 17.8 Å². The molecular weight excluding hydrogens is 271 g/mol. The first-order valence-electron chi connectivity index (χ1n) is 7.22. The fourth-order valence-electron chi connectivity index (χ4n) is 2.46. The van der Waals surface area contributed by atoms with Gasteiger partial charge in [0.15, 0.2) is 0 Å². The summed E-state index contributed by atoms with van der Waals surface area (Å²) in [6.07, 6.45) is 0. The quantitative estimate of drug-likeness (QED) is 0.802. The average Bonchev–Trinajstić information content (AvgIpc) is 2.44. The summed E-state index contributed by atoms with van der Waals surface area (Å²) in [5.74, 6) is -0.904. The number of nitrogens with one attached hydrogen (secondary N) is 1. The summed E-state index contributed by atoms with van der Waals surface area (Å²) < 4.78 is 13.9. The van der Waals surface area contributed by atoms with Crippen molar-refractivity contribution in [2.75, 3.05) is 52.0 Å². The highest BCUT2D eigenvalue weighted by molar-refractivity contribution is 5.95. The molecule has 0 aromatic heterocycles. The second-order valence-corrected chi connectivity index (χ2v) is 5.60. The van der Waals surface area contributed by atoms with Crippen molar-refractivity contribution in [3.05, 3.63) is 29.1 Å². The minimum Gasteiger partial charge on any atom is -0.399 e. The van der Waals surface area contributed by atoms with E-state index in [-0.39, 0.29) is 5.56 Å². The number of piperazine rings is 1. The van der Waals surface area contributed by atoms with E-state index in [1.807, 2.05) is 0 Å². The van der Waals surface area contributed by atoms with Crippen molar-refractivity contribution in [3.8, 4) is 0 Å². The van der Waals surface area contributed by atoms with Crippen LogP contribution in [0.5, 0.6) is 0 Å². The molecular formula is C15H23FN4O. The van der Waals surface area contributed by atoms with Crippen LogP contribution >= 0.6 is 0 Å². The highest BCUT2D eigenvalue weighted by Gasteiger charge is 2.16. The van der Waals surface area contributed by atoms with Crippen LogP contribution in [0.3, 0.4) is 0 Å². The van der Waals surface area contributed by atoms with Crippen molar-refractivity contribution < 1.29 is 9.18 Å². The van der Waals surface area contributed by atoms with E-state index in [4.69, 9.17) is 5.73 Å². The van der Waals surface area contributed by atoms with Crippen molar-refractivity contribution >= 4 is 11.6 Å². The topological polar surface area (TPSA) is 61.6 Å². The maximum atomic E-state index is 13.9. The highest BCUT2D eigenvalue weighted by Crippen LogP contribution is 2.16. The smallest absolute Gasteiger partial charge is 0.254 e. The fraction of sp³-hybridized carbons (Fsp3) is 0.533. The van der Waals surface area contributed by atoms with Gasteiger partial charge in [-0.2, -0.15) is 0 Å². The number of nitrogens with two attached hydrogens (primary N) is 1. The minimum absolute atomic E-state index is 0.0193. The van der Waals surface area contributed by atoms with Crippen LogP contribution in [0.25, 0.3) is 0 Å². The number of amides is 1. The Morgan fingerprint density at radius 1 is 1.33 bits per heavy atom. The minimum atomic E-state index is -0.499. The first-order valence-corrected chi connectivity index (χ1v) is 7.22. The lowest BCUT2D eigenvalue weighted by atomic mass is 10.1. The van der Waals surface area contributed by atoms with Crippen LogP contribution in [0.1, 0.15) is 15.9 Å². The molecule has 3 N–H and O–H groups in total. The van der Waals surface area contributed by atoms with Crippen LogP contribution < -0.4 is 11.1 Å². The van der Waals surface area contributed by atoms with Crippen molar-refractivity contribution in [3.63, 3.8) is 0 Å². The second kappa shape index (κ2) is 6.87. The molecule has 0 saturated carbocycles. The van der Waals surface area contributed by atoms with E-state index in [1.165, 1.54) is 12.1 Å². The lowest BCUT2D eigenvalue weighted by Gasteiger charge is -2.32. The van der Waals surface area contributed by atoms with Crippen molar-refractivity contribution in [1.29, 1.82) is 0 Å². The number of nitrogen functional groups attached to an aromatic ring is 1. The van der Waals surface area contributed by atoms with Crippen LogP contribution in [0.4, 0.5) is 10.1 Å². The summed E-state index contributed by atoms with van der Waals surface area (Å²) in [7, 11) is 2.10. The molecule has 0 bridgehead atoms. The lowest BCUT2D eigenvalue weighted by molar-refractivity contribution is 0.0937. The molecule has 0 spiro atoms. The summed E-state index contributed by atoms with van der Waals surface area (Å²) >= 11 is 0. The molecule has 2 rings (SSSR count). The van der Waals surface area contributed by atoms with Gasteiger partial charge in [-0.05, 0) is 31.7 Å². The summed E-state index contributed by atoms with van der Waals surface area (Å²) in [5, 5.41) is 2.76. The Morgan fingerprint density at radius 2 is 2.00 bits per heavy atom. The largest absolute Gasteiger partial charge is 0.399 e. The molecule has 116 valence electrons. The number of anilines is 1. The number of carbonyl (C=O) groups is 1. The molecule has 1 amide bonds. The number of hydrogen-bond acceptors (Lipinski definition) is 4. The van der Waals surface area contributed by atoms with Crippen LogP contribution in [-0.4, -0.2) is 62.0 Å². The van der Waals surface area contributed by atoms with Gasteiger partial charge in [0.1, 0.15) is 5.82 Å². The maximum Gasteiger partial charge on any atom is 0.254 e. The number of rotatable bonds is 4. The predicted octanol–water partition coefficient (Wildman–Crippen LogP) is 0.694. The number of hydrogen-bond donors (Lipinski definition) is 2. The Morgan fingerprint density at radius 3 is 2.67 bits per heavy atom. The van der Waals surface area contributed by atoms with Gasteiger partial charge in [0.2, 0.25) is 0 Å². The molecule has 1 heterocycles. The predicted molar refractivity (Wildman–Crippen MR) is 81.8 cm³/mol. The van der Waals surface area contributed by atoms with Crippen molar-refractivity contribution in [2.45, 2.75) is 6.92 Å².